The fourth-order valence-corrected chi connectivity index (χ4v) is 3.23. The Morgan fingerprint density at radius 3 is 2.85 bits per heavy atom. The molecule has 0 nitrogen and oxygen atoms in total. The molecule has 1 aromatic carbocycles. The summed E-state index contributed by atoms with van der Waals surface area (Å²) in [6.07, 6.45) is 1.06. The Morgan fingerprint density at radius 2 is 2.15 bits per heavy atom. The van der Waals surface area contributed by atoms with E-state index in [1.165, 1.54) is 15.6 Å². The van der Waals surface area contributed by atoms with Crippen molar-refractivity contribution in [1.29, 1.82) is 0 Å². The Labute approximate surface area is 94.7 Å². The van der Waals surface area contributed by atoms with Crippen LogP contribution in [0.15, 0.2) is 22.7 Å². The van der Waals surface area contributed by atoms with E-state index in [1.807, 2.05) is 6.07 Å². The minimum Gasteiger partial charge on any atom is -0.122 e. The smallest absolute Gasteiger partial charge is 0.0941 e. The first-order valence-electron chi connectivity index (χ1n) is 4.08. The van der Waals surface area contributed by atoms with Gasteiger partial charge in [-0.1, -0.05) is 24.6 Å². The van der Waals surface area contributed by atoms with Gasteiger partial charge in [-0.2, -0.15) is 0 Å². The maximum atomic E-state index is 5.95. The maximum absolute atomic E-state index is 5.95. The summed E-state index contributed by atoms with van der Waals surface area (Å²) in [4.78, 5) is 0. The summed E-state index contributed by atoms with van der Waals surface area (Å²) >= 11 is 11.1. The Bertz CT molecular complexity index is 447. The molecule has 0 saturated heterocycles. The third kappa shape index (κ3) is 1.76. The molecule has 0 aliphatic heterocycles. The quantitative estimate of drug-likeness (QED) is 0.696. The number of rotatable bonds is 1. The molecule has 13 heavy (non-hydrogen) atoms. The van der Waals surface area contributed by atoms with E-state index in [2.05, 4.69) is 35.0 Å². The molecule has 0 amide bonds. The van der Waals surface area contributed by atoms with Gasteiger partial charge in [-0.15, -0.1) is 11.3 Å². The molecule has 2 rings (SSSR count). The molecule has 3 heteroatoms. The predicted molar refractivity (Wildman–Crippen MR) is 63.9 cm³/mol. The number of hydrogen-bond donors (Lipinski definition) is 0. The summed E-state index contributed by atoms with van der Waals surface area (Å²) in [6, 6.07) is 6.38. The maximum Gasteiger partial charge on any atom is 0.0941 e. The SMILES string of the molecule is CCc1cc(Br)c2sc(Cl)cc2c1. The van der Waals surface area contributed by atoms with Crippen LogP contribution in [0.5, 0.6) is 0 Å². The predicted octanol–water partition coefficient (Wildman–Crippen LogP) is 4.88. The van der Waals surface area contributed by atoms with E-state index < -0.39 is 0 Å². The number of hydrogen-bond acceptors (Lipinski definition) is 1. The van der Waals surface area contributed by atoms with E-state index in [0.29, 0.717) is 0 Å². The lowest BCUT2D eigenvalue weighted by Gasteiger charge is -1.98. The van der Waals surface area contributed by atoms with Gasteiger partial charge in [-0.25, -0.2) is 0 Å². The largest absolute Gasteiger partial charge is 0.122 e. The minimum absolute atomic E-state index is 0.851. The average Bonchev–Trinajstić information content (AvgIpc) is 2.46. The average molecular weight is 276 g/mol. The number of thiophene rings is 1. The zero-order valence-electron chi connectivity index (χ0n) is 7.10. The van der Waals surface area contributed by atoms with Gasteiger partial charge < -0.3 is 0 Å². The molecular weight excluding hydrogens is 268 g/mol. The number of benzene rings is 1. The van der Waals surface area contributed by atoms with Crippen molar-refractivity contribution in [2.75, 3.05) is 0 Å². The van der Waals surface area contributed by atoms with Crippen LogP contribution in [0.4, 0.5) is 0 Å². The van der Waals surface area contributed by atoms with Gasteiger partial charge in [0.15, 0.2) is 0 Å². The second-order valence-corrected chi connectivity index (χ2v) is 5.44. The van der Waals surface area contributed by atoms with E-state index in [-0.39, 0.29) is 0 Å². The molecule has 1 aromatic heterocycles. The zero-order valence-corrected chi connectivity index (χ0v) is 10.3. The number of aryl methyl sites for hydroxylation is 1. The van der Waals surface area contributed by atoms with Crippen molar-refractivity contribution < 1.29 is 0 Å². The van der Waals surface area contributed by atoms with Gasteiger partial charge in [-0.3, -0.25) is 0 Å². The topological polar surface area (TPSA) is 0 Å². The van der Waals surface area contributed by atoms with Crippen molar-refractivity contribution in [3.8, 4) is 0 Å². The summed E-state index contributed by atoms with van der Waals surface area (Å²) in [5.74, 6) is 0. The van der Waals surface area contributed by atoms with E-state index in [9.17, 15) is 0 Å². The van der Waals surface area contributed by atoms with Crippen molar-refractivity contribution in [3.63, 3.8) is 0 Å². The van der Waals surface area contributed by atoms with Gasteiger partial charge in [0, 0.05) is 4.47 Å². The lowest BCUT2D eigenvalue weighted by molar-refractivity contribution is 1.14. The van der Waals surface area contributed by atoms with Crippen LogP contribution in [-0.4, -0.2) is 0 Å². The van der Waals surface area contributed by atoms with Crippen LogP contribution < -0.4 is 0 Å². The van der Waals surface area contributed by atoms with Gasteiger partial charge in [-0.05, 0) is 45.4 Å². The highest BCUT2D eigenvalue weighted by Gasteiger charge is 2.04. The second kappa shape index (κ2) is 3.60. The molecule has 0 saturated carbocycles. The summed E-state index contributed by atoms with van der Waals surface area (Å²) in [7, 11) is 0. The van der Waals surface area contributed by atoms with Crippen LogP contribution in [0.1, 0.15) is 12.5 Å². The molecule has 0 spiro atoms. The number of fused-ring (bicyclic) bond motifs is 1. The summed E-state index contributed by atoms with van der Waals surface area (Å²) < 4.78 is 3.24. The monoisotopic (exact) mass is 274 g/mol. The molecule has 0 atom stereocenters. The van der Waals surface area contributed by atoms with E-state index in [0.717, 1.165) is 15.2 Å². The lowest BCUT2D eigenvalue weighted by atomic mass is 10.1. The van der Waals surface area contributed by atoms with Crippen LogP contribution in [0.3, 0.4) is 0 Å². The standard InChI is InChI=1S/C10H8BrClS/c1-2-6-3-7-5-9(12)13-10(7)8(11)4-6/h3-5H,2H2,1H3. The lowest BCUT2D eigenvalue weighted by Crippen LogP contribution is -1.78. The van der Waals surface area contributed by atoms with Gasteiger partial charge in [0.2, 0.25) is 0 Å². The first kappa shape index (κ1) is 9.50. The zero-order chi connectivity index (χ0) is 9.42. The molecule has 1 heterocycles. The molecule has 0 unspecified atom stereocenters. The van der Waals surface area contributed by atoms with Crippen molar-refractivity contribution in [3.05, 3.63) is 32.6 Å². The first-order chi connectivity index (χ1) is 6.20. The van der Waals surface area contributed by atoms with Gasteiger partial charge in [0.05, 0.1) is 9.04 Å². The Kier molecular flexibility index (Phi) is 2.63. The van der Waals surface area contributed by atoms with Crippen molar-refractivity contribution >= 4 is 49.0 Å². The van der Waals surface area contributed by atoms with Crippen LogP contribution in [-0.2, 0) is 6.42 Å². The fraction of sp³-hybridized carbons (Fsp3) is 0.200. The third-order valence-electron chi connectivity index (χ3n) is 2.01. The molecule has 0 aliphatic carbocycles. The Hall–Kier alpha value is -0.0500. The summed E-state index contributed by atoms with van der Waals surface area (Å²) in [6.45, 7) is 2.15. The summed E-state index contributed by atoms with van der Waals surface area (Å²) in [5.41, 5.74) is 1.34. The molecule has 0 bridgehead atoms. The van der Waals surface area contributed by atoms with Crippen molar-refractivity contribution in [1.82, 2.24) is 0 Å². The van der Waals surface area contributed by atoms with Crippen LogP contribution in [0, 0.1) is 0 Å². The minimum atomic E-state index is 0.851. The van der Waals surface area contributed by atoms with E-state index in [4.69, 9.17) is 11.6 Å². The number of halogens is 2. The van der Waals surface area contributed by atoms with E-state index >= 15 is 0 Å². The molecule has 68 valence electrons. The summed E-state index contributed by atoms with van der Waals surface area (Å²) in [5, 5.41) is 1.24. The molecule has 0 N–H and O–H groups in total. The van der Waals surface area contributed by atoms with Crippen molar-refractivity contribution in [2.24, 2.45) is 0 Å². The Morgan fingerprint density at radius 1 is 1.38 bits per heavy atom. The van der Waals surface area contributed by atoms with Gasteiger partial charge >= 0.3 is 0 Å². The molecule has 0 fully saturated rings. The highest BCUT2D eigenvalue weighted by Crippen LogP contribution is 2.35. The highest BCUT2D eigenvalue weighted by atomic mass is 79.9. The van der Waals surface area contributed by atoms with Gasteiger partial charge in [0.1, 0.15) is 0 Å². The second-order valence-electron chi connectivity index (χ2n) is 2.90. The van der Waals surface area contributed by atoms with E-state index in [1.54, 1.807) is 11.3 Å². The van der Waals surface area contributed by atoms with Crippen LogP contribution in [0.2, 0.25) is 4.34 Å². The fourth-order valence-electron chi connectivity index (χ4n) is 1.34. The third-order valence-corrected chi connectivity index (χ3v) is 4.21. The molecule has 0 aliphatic rings. The molecule has 0 radical (unpaired) electrons. The van der Waals surface area contributed by atoms with Crippen LogP contribution >= 0.6 is 38.9 Å². The Balaban J connectivity index is 2.75. The highest BCUT2D eigenvalue weighted by molar-refractivity contribution is 9.10. The van der Waals surface area contributed by atoms with Crippen LogP contribution in [0.25, 0.3) is 10.1 Å². The molecular formula is C10H8BrClS. The van der Waals surface area contributed by atoms with Gasteiger partial charge in [0.25, 0.3) is 0 Å². The van der Waals surface area contributed by atoms with Crippen molar-refractivity contribution in [2.45, 2.75) is 13.3 Å². The molecule has 2 aromatic rings. The first-order valence-corrected chi connectivity index (χ1v) is 6.07. The normalized spacial score (nSPS) is 11.0.